The quantitative estimate of drug-likeness (QED) is 0.813. The van der Waals surface area contributed by atoms with Crippen molar-refractivity contribution in [2.45, 2.75) is 32.4 Å². The van der Waals surface area contributed by atoms with E-state index in [4.69, 9.17) is 9.47 Å². The Kier molecular flexibility index (Phi) is 5.82. The molecule has 1 fully saturated rings. The van der Waals surface area contributed by atoms with Gasteiger partial charge >= 0.3 is 5.97 Å². The van der Waals surface area contributed by atoms with Crippen LogP contribution in [0.4, 0.5) is 0 Å². The fraction of sp³-hybridized carbons (Fsp3) is 0.643. The summed E-state index contributed by atoms with van der Waals surface area (Å²) in [6, 6.07) is 3.82. The summed E-state index contributed by atoms with van der Waals surface area (Å²) < 4.78 is 10.7. The van der Waals surface area contributed by atoms with Gasteiger partial charge in [0.15, 0.2) is 0 Å². The van der Waals surface area contributed by atoms with Crippen molar-refractivity contribution >= 4 is 17.3 Å². The van der Waals surface area contributed by atoms with Crippen LogP contribution < -0.4 is 5.32 Å². The van der Waals surface area contributed by atoms with Crippen LogP contribution in [0.2, 0.25) is 0 Å². The predicted molar refractivity (Wildman–Crippen MR) is 75.1 cm³/mol. The molecule has 0 aromatic carbocycles. The molecule has 106 valence electrons. The zero-order valence-corrected chi connectivity index (χ0v) is 12.1. The first-order chi connectivity index (χ1) is 9.31. The standard InChI is InChI=1S/C14H21NO3S/c1-2-18-14(16)13(11-5-3-7-17-10-11)15-9-12-6-4-8-19-12/h4,6,8,11,13,15H,2-3,5,7,9-10H2,1H3. The Hall–Kier alpha value is -0.910. The smallest absolute Gasteiger partial charge is 0.323 e. The molecule has 1 saturated heterocycles. The summed E-state index contributed by atoms with van der Waals surface area (Å²) >= 11 is 1.69. The molecule has 1 aliphatic heterocycles. The molecule has 0 bridgehead atoms. The Morgan fingerprint density at radius 1 is 1.68 bits per heavy atom. The van der Waals surface area contributed by atoms with E-state index in [9.17, 15) is 4.79 Å². The van der Waals surface area contributed by atoms with Crippen molar-refractivity contribution in [3.8, 4) is 0 Å². The van der Waals surface area contributed by atoms with Crippen LogP contribution in [0.3, 0.4) is 0 Å². The Morgan fingerprint density at radius 2 is 2.58 bits per heavy atom. The maximum Gasteiger partial charge on any atom is 0.323 e. The van der Waals surface area contributed by atoms with Crippen molar-refractivity contribution < 1.29 is 14.3 Å². The summed E-state index contributed by atoms with van der Waals surface area (Å²) in [6.45, 7) is 4.41. The molecule has 0 aliphatic carbocycles. The molecule has 0 spiro atoms. The van der Waals surface area contributed by atoms with E-state index in [0.717, 1.165) is 19.4 Å². The highest BCUT2D eigenvalue weighted by Gasteiger charge is 2.30. The highest BCUT2D eigenvalue weighted by atomic mass is 32.1. The average molecular weight is 283 g/mol. The van der Waals surface area contributed by atoms with E-state index in [1.54, 1.807) is 11.3 Å². The summed E-state index contributed by atoms with van der Waals surface area (Å²) in [7, 11) is 0. The van der Waals surface area contributed by atoms with Crippen LogP contribution in [0.25, 0.3) is 0 Å². The second-order valence-electron chi connectivity index (χ2n) is 4.67. The number of nitrogens with one attached hydrogen (secondary N) is 1. The van der Waals surface area contributed by atoms with E-state index >= 15 is 0 Å². The molecule has 2 atom stereocenters. The highest BCUT2D eigenvalue weighted by Crippen LogP contribution is 2.19. The number of carbonyl (C=O) groups excluding carboxylic acids is 1. The topological polar surface area (TPSA) is 47.6 Å². The first kappa shape index (κ1) is 14.5. The van der Waals surface area contributed by atoms with Crippen molar-refractivity contribution in [1.82, 2.24) is 5.32 Å². The minimum atomic E-state index is -0.262. The summed E-state index contributed by atoms with van der Waals surface area (Å²) in [5.41, 5.74) is 0. The Bertz CT molecular complexity index is 374. The van der Waals surface area contributed by atoms with Gasteiger partial charge in [-0.15, -0.1) is 11.3 Å². The molecule has 0 saturated carbocycles. The third-order valence-electron chi connectivity index (χ3n) is 3.28. The molecule has 1 aromatic heterocycles. The summed E-state index contributed by atoms with van der Waals surface area (Å²) in [4.78, 5) is 13.3. The summed E-state index contributed by atoms with van der Waals surface area (Å²) in [5.74, 6) is 0.0577. The van der Waals surface area contributed by atoms with Gasteiger partial charge in [0.1, 0.15) is 6.04 Å². The van der Waals surface area contributed by atoms with Crippen LogP contribution in [-0.4, -0.2) is 31.8 Å². The van der Waals surface area contributed by atoms with E-state index in [2.05, 4.69) is 11.4 Å². The maximum absolute atomic E-state index is 12.1. The van der Waals surface area contributed by atoms with Crippen LogP contribution in [0.15, 0.2) is 17.5 Å². The van der Waals surface area contributed by atoms with Gasteiger partial charge in [-0.05, 0) is 31.2 Å². The van der Waals surface area contributed by atoms with Gasteiger partial charge in [0.2, 0.25) is 0 Å². The molecule has 1 N–H and O–H groups in total. The normalized spacial score (nSPS) is 21.0. The zero-order valence-electron chi connectivity index (χ0n) is 11.3. The van der Waals surface area contributed by atoms with Gasteiger partial charge in [0.25, 0.3) is 0 Å². The van der Waals surface area contributed by atoms with Crippen molar-refractivity contribution in [3.63, 3.8) is 0 Å². The SMILES string of the molecule is CCOC(=O)C(NCc1cccs1)C1CCCOC1. The number of esters is 1. The first-order valence-corrected chi connectivity index (χ1v) is 7.69. The second-order valence-corrected chi connectivity index (χ2v) is 5.70. The molecule has 0 radical (unpaired) electrons. The number of ether oxygens (including phenoxy) is 2. The Labute approximate surface area is 118 Å². The maximum atomic E-state index is 12.1. The van der Waals surface area contributed by atoms with Crippen LogP contribution >= 0.6 is 11.3 Å². The van der Waals surface area contributed by atoms with Crippen molar-refractivity contribution in [2.75, 3.05) is 19.8 Å². The summed E-state index contributed by atoms with van der Waals surface area (Å²) in [6.07, 6.45) is 2.03. The lowest BCUT2D eigenvalue weighted by Gasteiger charge is -2.29. The lowest BCUT2D eigenvalue weighted by molar-refractivity contribution is -0.148. The number of thiophene rings is 1. The third-order valence-corrected chi connectivity index (χ3v) is 4.16. The highest BCUT2D eigenvalue weighted by molar-refractivity contribution is 7.09. The molecule has 1 aliphatic rings. The Balaban J connectivity index is 1.94. The molecule has 0 amide bonds. The van der Waals surface area contributed by atoms with Crippen LogP contribution in [0.5, 0.6) is 0 Å². The van der Waals surface area contributed by atoms with Crippen LogP contribution in [0, 0.1) is 5.92 Å². The molecule has 2 unspecified atom stereocenters. The van der Waals surface area contributed by atoms with Gasteiger partial charge in [0.05, 0.1) is 13.2 Å². The number of carbonyl (C=O) groups is 1. The van der Waals surface area contributed by atoms with Gasteiger partial charge in [0, 0.05) is 23.9 Å². The molecule has 1 aromatic rings. The van der Waals surface area contributed by atoms with Gasteiger partial charge in [-0.25, -0.2) is 0 Å². The zero-order chi connectivity index (χ0) is 13.5. The molecule has 4 nitrogen and oxygen atoms in total. The van der Waals surface area contributed by atoms with E-state index in [-0.39, 0.29) is 17.9 Å². The number of hydrogen-bond acceptors (Lipinski definition) is 5. The second kappa shape index (κ2) is 7.62. The van der Waals surface area contributed by atoms with Crippen LogP contribution in [0.1, 0.15) is 24.6 Å². The molecular weight excluding hydrogens is 262 g/mol. The molecule has 2 heterocycles. The lowest BCUT2D eigenvalue weighted by Crippen LogP contribution is -2.46. The largest absolute Gasteiger partial charge is 0.465 e. The molecule has 2 rings (SSSR count). The van der Waals surface area contributed by atoms with Crippen molar-refractivity contribution in [3.05, 3.63) is 22.4 Å². The fourth-order valence-electron chi connectivity index (χ4n) is 2.33. The first-order valence-electron chi connectivity index (χ1n) is 6.81. The minimum absolute atomic E-state index is 0.158. The van der Waals surface area contributed by atoms with Gasteiger partial charge in [-0.2, -0.15) is 0 Å². The van der Waals surface area contributed by atoms with E-state index < -0.39 is 0 Å². The van der Waals surface area contributed by atoms with E-state index in [1.807, 2.05) is 18.4 Å². The monoisotopic (exact) mass is 283 g/mol. The minimum Gasteiger partial charge on any atom is -0.465 e. The third kappa shape index (κ3) is 4.30. The van der Waals surface area contributed by atoms with Crippen molar-refractivity contribution in [2.24, 2.45) is 5.92 Å². The molecular formula is C14H21NO3S. The molecule has 5 heteroatoms. The van der Waals surface area contributed by atoms with Crippen molar-refractivity contribution in [1.29, 1.82) is 0 Å². The summed E-state index contributed by atoms with van der Waals surface area (Å²) in [5, 5.41) is 5.37. The van der Waals surface area contributed by atoms with Crippen LogP contribution in [-0.2, 0) is 20.8 Å². The number of rotatable bonds is 6. The van der Waals surface area contributed by atoms with Gasteiger partial charge < -0.3 is 9.47 Å². The number of hydrogen-bond donors (Lipinski definition) is 1. The van der Waals surface area contributed by atoms with E-state index in [1.165, 1.54) is 4.88 Å². The lowest BCUT2D eigenvalue weighted by atomic mass is 9.93. The molecule has 19 heavy (non-hydrogen) atoms. The van der Waals surface area contributed by atoms with Gasteiger partial charge in [-0.3, -0.25) is 10.1 Å². The average Bonchev–Trinajstić information content (AvgIpc) is 2.94. The van der Waals surface area contributed by atoms with Gasteiger partial charge in [-0.1, -0.05) is 6.07 Å². The van der Waals surface area contributed by atoms with E-state index in [0.29, 0.717) is 19.8 Å². The Morgan fingerprint density at radius 3 is 3.21 bits per heavy atom. The fourth-order valence-corrected chi connectivity index (χ4v) is 2.98. The predicted octanol–water partition coefficient (Wildman–Crippen LogP) is 2.20.